The number of aliphatic hydroxyl groups is 3. The van der Waals surface area contributed by atoms with Crippen molar-refractivity contribution in [3.05, 3.63) is 65.2 Å². The number of phenols is 2. The van der Waals surface area contributed by atoms with Crippen molar-refractivity contribution in [3.63, 3.8) is 0 Å². The lowest BCUT2D eigenvalue weighted by molar-refractivity contribution is -0.277. The molecule has 0 spiro atoms. The summed E-state index contributed by atoms with van der Waals surface area (Å²) in [5, 5.41) is 69.0. The van der Waals surface area contributed by atoms with Crippen molar-refractivity contribution >= 4 is 23.6 Å². The van der Waals surface area contributed by atoms with Gasteiger partial charge in [0.2, 0.25) is 17.8 Å². The number of esters is 1. The van der Waals surface area contributed by atoms with Crippen molar-refractivity contribution < 1.29 is 68.6 Å². The van der Waals surface area contributed by atoms with Gasteiger partial charge in [-0.2, -0.15) is 0 Å². The van der Waals surface area contributed by atoms with Crippen molar-refractivity contribution in [3.8, 4) is 34.5 Å². The number of carboxylic acid groups (broad SMARTS) is 1. The normalized spacial score (nSPS) is 20.0. The number of phenolic OH excluding ortho intramolecular Hbond substituents is 2. The third-order valence-corrected chi connectivity index (χ3v) is 7.81. The summed E-state index contributed by atoms with van der Waals surface area (Å²) in [6.45, 7) is 1.09. The summed E-state index contributed by atoms with van der Waals surface area (Å²) in [5.41, 5.74) is 6.06. The molecule has 3 aromatic rings. The van der Waals surface area contributed by atoms with Crippen LogP contribution in [0.1, 0.15) is 33.2 Å². The van der Waals surface area contributed by atoms with Crippen LogP contribution in [0, 0.1) is 0 Å². The fourth-order valence-corrected chi connectivity index (χ4v) is 5.04. The number of guanidine groups is 1. The number of hydrogen-bond donors (Lipinski definition) is 9. The van der Waals surface area contributed by atoms with Gasteiger partial charge in [0.25, 0.3) is 0 Å². The number of nitrogens with two attached hydrogens (primary N) is 1. The second-order valence-electron chi connectivity index (χ2n) is 11.2. The van der Waals surface area contributed by atoms with Crippen molar-refractivity contribution in [1.29, 1.82) is 0 Å². The molecule has 10 N–H and O–H groups in total. The van der Waals surface area contributed by atoms with Crippen molar-refractivity contribution in [2.24, 2.45) is 10.7 Å². The minimum absolute atomic E-state index is 0.0237. The molecule has 0 radical (unpaired) electrons. The number of carboxylic acids is 1. The maximum absolute atomic E-state index is 13.2. The summed E-state index contributed by atoms with van der Waals surface area (Å²) in [7, 11) is 2.66. The first-order valence-electron chi connectivity index (χ1n) is 16.0. The van der Waals surface area contributed by atoms with Gasteiger partial charge in [-0.05, 0) is 12.5 Å². The lowest BCUT2D eigenvalue weighted by atomic mass is 9.99. The van der Waals surface area contributed by atoms with Gasteiger partial charge in [0.15, 0.2) is 35.7 Å². The van der Waals surface area contributed by atoms with E-state index >= 15 is 0 Å². The highest BCUT2D eigenvalue weighted by Gasteiger charge is 2.46. The van der Waals surface area contributed by atoms with Crippen LogP contribution in [0.2, 0.25) is 0 Å². The van der Waals surface area contributed by atoms with Gasteiger partial charge < -0.3 is 75.4 Å². The van der Waals surface area contributed by atoms with Gasteiger partial charge in [0.05, 0.1) is 25.0 Å². The van der Waals surface area contributed by atoms with E-state index in [4.69, 9.17) is 34.2 Å². The molecule has 5 atom stereocenters. The molecular formula is C34H42N4O14. The van der Waals surface area contributed by atoms with Crippen LogP contribution in [0.25, 0.3) is 0 Å². The maximum atomic E-state index is 13.2. The number of anilines is 1. The molecule has 18 heteroatoms. The molecular weight excluding hydrogens is 688 g/mol. The number of methoxy groups -OCH3 is 1. The first kappa shape index (κ1) is 39.1. The number of carbonyl (C=O) groups excluding carboxylic acids is 1. The standard InChI is InChI=1S/C34H42N4O14/c1-4-37-20-14-22(21(12-18(20)31(44)45)50-16-38-34(35)36-2)51-33-29(43)28(42)26(40)24(52-33)15-49-32(46)19-13-23(47-3)27(41)30(25(19)39)48-11-10-17-8-6-5-7-9-17/h5-9,12-14,24,26,28-29,33,37,39-43H,4,10-11,15-16H2,1-3H3,(H,44,45)(H3,35,36,38)/t24-,26-,28+,29-,33-/m1/s1. The van der Waals surface area contributed by atoms with Crippen molar-refractivity contribution in [2.75, 3.05) is 46.0 Å². The van der Waals surface area contributed by atoms with Gasteiger partial charge in [-0.1, -0.05) is 30.3 Å². The molecule has 1 fully saturated rings. The number of ether oxygens (including phenoxy) is 6. The van der Waals surface area contributed by atoms with Crippen LogP contribution in [0.3, 0.4) is 0 Å². The largest absolute Gasteiger partial charge is 0.504 e. The van der Waals surface area contributed by atoms with Gasteiger partial charge in [-0.3, -0.25) is 4.99 Å². The average molecular weight is 731 g/mol. The lowest BCUT2D eigenvalue weighted by Gasteiger charge is -2.40. The molecule has 18 nitrogen and oxygen atoms in total. The van der Waals surface area contributed by atoms with Crippen LogP contribution in [0.15, 0.2) is 53.5 Å². The molecule has 0 unspecified atom stereocenters. The Balaban J connectivity index is 1.53. The molecule has 1 saturated heterocycles. The van der Waals surface area contributed by atoms with Crippen LogP contribution >= 0.6 is 0 Å². The Morgan fingerprint density at radius 2 is 1.65 bits per heavy atom. The topological polar surface area (TPSA) is 273 Å². The number of aromatic hydroxyl groups is 2. The summed E-state index contributed by atoms with van der Waals surface area (Å²) in [5.74, 6) is -4.60. The third-order valence-electron chi connectivity index (χ3n) is 7.81. The highest BCUT2D eigenvalue weighted by atomic mass is 16.7. The predicted molar refractivity (Wildman–Crippen MR) is 183 cm³/mol. The number of aromatic carboxylic acids is 1. The van der Waals surface area contributed by atoms with Gasteiger partial charge in [0, 0.05) is 38.2 Å². The first-order chi connectivity index (χ1) is 24.9. The van der Waals surface area contributed by atoms with Crippen LogP contribution in [-0.2, 0) is 15.9 Å². The molecule has 4 rings (SSSR count). The number of benzene rings is 3. The Labute approximate surface area is 297 Å². The van der Waals surface area contributed by atoms with E-state index in [1.165, 1.54) is 20.2 Å². The molecule has 1 aliphatic rings. The molecule has 0 saturated carbocycles. The van der Waals surface area contributed by atoms with Crippen LogP contribution < -0.4 is 35.3 Å². The minimum Gasteiger partial charge on any atom is -0.504 e. The van der Waals surface area contributed by atoms with Crippen LogP contribution in [0.4, 0.5) is 5.69 Å². The van der Waals surface area contributed by atoms with E-state index in [1.807, 2.05) is 30.3 Å². The molecule has 1 heterocycles. The third kappa shape index (κ3) is 9.34. The quantitative estimate of drug-likeness (QED) is 0.0426. The number of nitrogens with one attached hydrogen (secondary N) is 2. The zero-order chi connectivity index (χ0) is 37.9. The SMILES string of the molecule is CCNc1cc(O[C@@H]2O[C@H](COC(=O)c3cc(OC)c(O)c(OCCc4ccccc4)c3O)[C@@H](O)[C@H](O)[C@H]2O)c(OCNC(N)=NC)cc1C(=O)O. The number of hydrogen-bond acceptors (Lipinski definition) is 15. The molecule has 0 aromatic heterocycles. The summed E-state index contributed by atoms with van der Waals surface area (Å²) < 4.78 is 33.3. The minimum atomic E-state index is -1.87. The Morgan fingerprint density at radius 3 is 2.31 bits per heavy atom. The Morgan fingerprint density at radius 1 is 0.942 bits per heavy atom. The molecule has 0 aliphatic carbocycles. The van der Waals surface area contributed by atoms with E-state index in [0.29, 0.717) is 13.0 Å². The maximum Gasteiger partial charge on any atom is 0.342 e. The number of aliphatic hydroxyl groups excluding tert-OH is 3. The van der Waals surface area contributed by atoms with E-state index in [9.17, 15) is 40.2 Å². The second kappa shape index (κ2) is 18.0. The second-order valence-corrected chi connectivity index (χ2v) is 11.2. The molecule has 0 bridgehead atoms. The van der Waals surface area contributed by atoms with Gasteiger partial charge in [-0.25, -0.2) is 9.59 Å². The van der Waals surface area contributed by atoms with Crippen LogP contribution in [-0.4, -0.2) is 120 Å². The smallest absolute Gasteiger partial charge is 0.342 e. The van der Waals surface area contributed by atoms with Gasteiger partial charge in [0.1, 0.15) is 36.6 Å². The zero-order valence-corrected chi connectivity index (χ0v) is 28.5. The molecule has 52 heavy (non-hydrogen) atoms. The summed E-state index contributed by atoms with van der Waals surface area (Å²) in [6, 6.07) is 12.7. The van der Waals surface area contributed by atoms with E-state index < -0.39 is 72.1 Å². The molecule has 0 amide bonds. The van der Waals surface area contributed by atoms with Crippen LogP contribution in [0.5, 0.6) is 34.5 Å². The summed E-state index contributed by atoms with van der Waals surface area (Å²) in [6.07, 6.45) is -8.29. The van der Waals surface area contributed by atoms with Gasteiger partial charge >= 0.3 is 11.9 Å². The first-order valence-corrected chi connectivity index (χ1v) is 16.0. The Hall–Kier alpha value is -5.69. The Kier molecular flexibility index (Phi) is 13.5. The van der Waals surface area contributed by atoms with E-state index in [-0.39, 0.29) is 47.8 Å². The highest BCUT2D eigenvalue weighted by Crippen LogP contribution is 2.46. The highest BCUT2D eigenvalue weighted by molar-refractivity contribution is 5.96. The van der Waals surface area contributed by atoms with Gasteiger partial charge in [-0.15, -0.1) is 0 Å². The molecule has 3 aromatic carbocycles. The summed E-state index contributed by atoms with van der Waals surface area (Å²) in [4.78, 5) is 28.9. The van der Waals surface area contributed by atoms with E-state index in [0.717, 1.165) is 17.7 Å². The number of rotatable bonds is 16. The Bertz CT molecular complexity index is 1720. The van der Waals surface area contributed by atoms with E-state index in [1.54, 1.807) is 6.92 Å². The molecule has 282 valence electrons. The number of nitrogens with zero attached hydrogens (tertiary/aromatic N) is 1. The fraction of sp³-hybridized carbons (Fsp3) is 0.382. The number of carbonyl (C=O) groups is 2. The predicted octanol–water partition coefficient (Wildman–Crippen LogP) is 0.772. The summed E-state index contributed by atoms with van der Waals surface area (Å²) >= 11 is 0. The van der Waals surface area contributed by atoms with E-state index in [2.05, 4.69) is 15.6 Å². The van der Waals surface area contributed by atoms with Crippen molar-refractivity contribution in [1.82, 2.24) is 5.32 Å². The monoisotopic (exact) mass is 730 g/mol. The number of aliphatic imine (C=N–C) groups is 1. The van der Waals surface area contributed by atoms with Crippen molar-refractivity contribution in [2.45, 2.75) is 44.1 Å². The average Bonchev–Trinajstić information content (AvgIpc) is 3.13. The zero-order valence-electron chi connectivity index (χ0n) is 28.5. The molecule has 1 aliphatic heterocycles. The lowest BCUT2D eigenvalue weighted by Crippen LogP contribution is -2.60. The fourth-order valence-electron chi connectivity index (χ4n) is 5.04.